The lowest BCUT2D eigenvalue weighted by Crippen LogP contribution is -2.37. The maximum Gasteiger partial charge on any atom is 0.0931 e. The van der Waals surface area contributed by atoms with Crippen LogP contribution >= 0.6 is 34.3 Å². The second-order valence-corrected chi connectivity index (χ2v) is 8.70. The highest BCUT2D eigenvalue weighted by Crippen LogP contribution is 2.35. The topological polar surface area (TPSA) is 12.0 Å². The van der Waals surface area contributed by atoms with E-state index in [1.807, 2.05) is 17.4 Å². The van der Waals surface area contributed by atoms with Gasteiger partial charge in [-0.05, 0) is 42.3 Å². The first kappa shape index (κ1) is 15.5. The smallest absolute Gasteiger partial charge is 0.0931 e. The van der Waals surface area contributed by atoms with Crippen molar-refractivity contribution < 1.29 is 0 Å². The molecule has 1 nitrogen and oxygen atoms in total. The second kappa shape index (κ2) is 7.28. The number of hydrogen-bond donors (Lipinski definition) is 1. The summed E-state index contributed by atoms with van der Waals surface area (Å²) in [5, 5.41) is 6.10. The number of thiophene rings is 2. The zero-order chi connectivity index (χ0) is 14.7. The Hall–Kier alpha value is -0.350. The van der Waals surface area contributed by atoms with Crippen LogP contribution in [0.15, 0.2) is 29.6 Å². The zero-order valence-corrected chi connectivity index (χ0v) is 14.7. The molecule has 3 atom stereocenters. The van der Waals surface area contributed by atoms with Crippen molar-refractivity contribution in [2.45, 2.75) is 51.1 Å². The molecule has 0 radical (unpaired) electrons. The molecular weight excluding hydrogens is 318 g/mol. The highest BCUT2D eigenvalue weighted by molar-refractivity contribution is 7.16. The Morgan fingerprint density at radius 2 is 2.00 bits per heavy atom. The zero-order valence-electron chi connectivity index (χ0n) is 12.3. The Kier molecular flexibility index (Phi) is 5.38. The van der Waals surface area contributed by atoms with Crippen LogP contribution in [0.25, 0.3) is 0 Å². The Balaban J connectivity index is 1.82. The van der Waals surface area contributed by atoms with Gasteiger partial charge in [0.05, 0.1) is 10.4 Å². The predicted molar refractivity (Wildman–Crippen MR) is 94.7 cm³/mol. The molecule has 0 amide bonds. The van der Waals surface area contributed by atoms with E-state index in [1.165, 1.54) is 41.9 Å². The van der Waals surface area contributed by atoms with E-state index in [0.29, 0.717) is 12.1 Å². The van der Waals surface area contributed by atoms with Crippen molar-refractivity contribution in [3.8, 4) is 0 Å². The van der Waals surface area contributed by atoms with Crippen molar-refractivity contribution in [1.29, 1.82) is 0 Å². The van der Waals surface area contributed by atoms with Crippen LogP contribution in [0.1, 0.15) is 54.8 Å². The molecule has 0 bridgehead atoms. The summed E-state index contributed by atoms with van der Waals surface area (Å²) in [5.41, 5.74) is 0. The van der Waals surface area contributed by atoms with Gasteiger partial charge in [0.2, 0.25) is 0 Å². The van der Waals surface area contributed by atoms with Crippen LogP contribution in [0.5, 0.6) is 0 Å². The third kappa shape index (κ3) is 3.89. The summed E-state index contributed by atoms with van der Waals surface area (Å²) in [6.07, 6.45) is 6.76. The van der Waals surface area contributed by atoms with E-state index in [1.54, 1.807) is 11.3 Å². The van der Waals surface area contributed by atoms with E-state index < -0.39 is 0 Å². The molecule has 2 aromatic heterocycles. The highest BCUT2D eigenvalue weighted by Gasteiger charge is 2.25. The monoisotopic (exact) mass is 339 g/mol. The molecule has 1 aliphatic carbocycles. The van der Waals surface area contributed by atoms with E-state index in [0.717, 1.165) is 10.3 Å². The summed E-state index contributed by atoms with van der Waals surface area (Å²) >= 11 is 9.69. The quantitative estimate of drug-likeness (QED) is 0.662. The van der Waals surface area contributed by atoms with Gasteiger partial charge in [-0.2, -0.15) is 0 Å². The summed E-state index contributed by atoms with van der Waals surface area (Å²) in [7, 11) is 0. The second-order valence-electron chi connectivity index (χ2n) is 5.98. The minimum Gasteiger partial charge on any atom is -0.302 e. The van der Waals surface area contributed by atoms with Gasteiger partial charge < -0.3 is 5.32 Å². The van der Waals surface area contributed by atoms with Crippen LogP contribution in [0.2, 0.25) is 4.34 Å². The summed E-state index contributed by atoms with van der Waals surface area (Å²) in [5.74, 6) is 0.755. The Labute approximate surface area is 140 Å². The standard InChI is InChI=1S/C17H22ClNS2/c1-12-6-3-2-4-7-13(12)19-17(14-8-5-11-20-14)15-9-10-16(18)21-15/h5,8-13,17,19H,2-4,6-7H2,1H3. The summed E-state index contributed by atoms with van der Waals surface area (Å²) < 4.78 is 0.877. The minimum atomic E-state index is 0.299. The first-order chi connectivity index (χ1) is 10.2. The van der Waals surface area contributed by atoms with Gasteiger partial charge >= 0.3 is 0 Å². The molecule has 0 aliphatic heterocycles. The largest absolute Gasteiger partial charge is 0.302 e. The third-order valence-corrected chi connectivity index (χ3v) is 6.68. The molecule has 3 rings (SSSR count). The fraction of sp³-hybridized carbons (Fsp3) is 0.529. The van der Waals surface area contributed by atoms with Crippen LogP contribution in [0.3, 0.4) is 0 Å². The third-order valence-electron chi connectivity index (χ3n) is 4.45. The molecule has 4 heteroatoms. The van der Waals surface area contributed by atoms with Crippen molar-refractivity contribution in [3.05, 3.63) is 43.7 Å². The van der Waals surface area contributed by atoms with Gasteiger partial charge in [-0.25, -0.2) is 0 Å². The molecule has 3 unspecified atom stereocenters. The van der Waals surface area contributed by atoms with Gasteiger partial charge in [-0.1, -0.05) is 43.9 Å². The van der Waals surface area contributed by atoms with E-state index in [-0.39, 0.29) is 0 Å². The van der Waals surface area contributed by atoms with Gasteiger partial charge in [-0.15, -0.1) is 22.7 Å². The normalized spacial score (nSPS) is 24.7. The lowest BCUT2D eigenvalue weighted by Gasteiger charge is -2.28. The first-order valence-corrected chi connectivity index (χ1v) is 9.86. The molecule has 0 spiro atoms. The van der Waals surface area contributed by atoms with Crippen molar-refractivity contribution in [2.75, 3.05) is 0 Å². The molecule has 1 N–H and O–H groups in total. The van der Waals surface area contributed by atoms with Gasteiger partial charge in [-0.3, -0.25) is 0 Å². The number of nitrogens with one attached hydrogen (secondary N) is 1. The fourth-order valence-electron chi connectivity index (χ4n) is 3.20. The van der Waals surface area contributed by atoms with Crippen LogP contribution < -0.4 is 5.32 Å². The average molecular weight is 340 g/mol. The fourth-order valence-corrected chi connectivity index (χ4v) is 5.22. The van der Waals surface area contributed by atoms with Crippen LogP contribution in [-0.2, 0) is 0 Å². The lowest BCUT2D eigenvalue weighted by molar-refractivity contribution is 0.340. The molecule has 114 valence electrons. The van der Waals surface area contributed by atoms with Crippen molar-refractivity contribution in [3.63, 3.8) is 0 Å². The Morgan fingerprint density at radius 1 is 1.14 bits per heavy atom. The van der Waals surface area contributed by atoms with E-state index in [2.05, 4.69) is 35.8 Å². The summed E-state index contributed by atoms with van der Waals surface area (Å²) in [6, 6.07) is 9.47. The van der Waals surface area contributed by atoms with E-state index in [9.17, 15) is 0 Å². The Morgan fingerprint density at radius 3 is 2.71 bits per heavy atom. The van der Waals surface area contributed by atoms with E-state index >= 15 is 0 Å². The van der Waals surface area contributed by atoms with Crippen LogP contribution in [-0.4, -0.2) is 6.04 Å². The summed E-state index contributed by atoms with van der Waals surface area (Å²) in [4.78, 5) is 2.73. The van der Waals surface area contributed by atoms with Crippen LogP contribution in [0, 0.1) is 5.92 Å². The number of rotatable bonds is 4. The SMILES string of the molecule is CC1CCCCCC1NC(c1cccs1)c1ccc(Cl)s1. The number of hydrogen-bond acceptors (Lipinski definition) is 3. The minimum absolute atomic E-state index is 0.299. The van der Waals surface area contributed by atoms with Crippen molar-refractivity contribution in [2.24, 2.45) is 5.92 Å². The summed E-state index contributed by atoms with van der Waals surface area (Å²) in [6.45, 7) is 2.40. The molecule has 1 aliphatic rings. The molecule has 0 saturated heterocycles. The Bertz CT molecular complexity index is 549. The van der Waals surface area contributed by atoms with Gasteiger partial charge in [0.1, 0.15) is 0 Å². The highest BCUT2D eigenvalue weighted by atomic mass is 35.5. The molecule has 21 heavy (non-hydrogen) atoms. The maximum atomic E-state index is 6.16. The first-order valence-electron chi connectivity index (χ1n) is 7.78. The molecular formula is C17H22ClNS2. The van der Waals surface area contributed by atoms with E-state index in [4.69, 9.17) is 11.6 Å². The van der Waals surface area contributed by atoms with Gasteiger partial charge in [0.15, 0.2) is 0 Å². The average Bonchev–Trinajstić information content (AvgIpc) is 3.09. The van der Waals surface area contributed by atoms with Crippen molar-refractivity contribution >= 4 is 34.3 Å². The molecule has 1 saturated carbocycles. The van der Waals surface area contributed by atoms with Gasteiger partial charge in [0.25, 0.3) is 0 Å². The molecule has 1 fully saturated rings. The lowest BCUT2D eigenvalue weighted by atomic mass is 9.95. The molecule has 0 aromatic carbocycles. The maximum absolute atomic E-state index is 6.16. The van der Waals surface area contributed by atoms with Crippen molar-refractivity contribution in [1.82, 2.24) is 5.32 Å². The van der Waals surface area contributed by atoms with Crippen LogP contribution in [0.4, 0.5) is 0 Å². The predicted octanol–water partition coefficient (Wildman–Crippen LogP) is 6.11. The number of halogens is 1. The molecule has 2 aromatic rings. The molecule has 2 heterocycles. The van der Waals surface area contributed by atoms with Gasteiger partial charge in [0, 0.05) is 15.8 Å².